The largest absolute Gasteiger partial charge is 0.306 e. The molecule has 0 saturated carbocycles. The normalized spacial score (nSPS) is 12.5. The SMILES string of the molecule is CCNC(c1ccc(Br)c(C)c1)c1c(F)ccc(Br)c1F. The highest BCUT2D eigenvalue weighted by atomic mass is 79.9. The van der Waals surface area contributed by atoms with E-state index < -0.39 is 17.7 Å². The van der Waals surface area contributed by atoms with Crippen LogP contribution in [-0.4, -0.2) is 6.54 Å². The molecule has 0 spiro atoms. The molecule has 0 radical (unpaired) electrons. The van der Waals surface area contributed by atoms with E-state index in [2.05, 4.69) is 37.2 Å². The predicted molar refractivity (Wildman–Crippen MR) is 88.5 cm³/mol. The summed E-state index contributed by atoms with van der Waals surface area (Å²) in [7, 11) is 0. The molecule has 1 nitrogen and oxygen atoms in total. The quantitative estimate of drug-likeness (QED) is 0.646. The summed E-state index contributed by atoms with van der Waals surface area (Å²) in [5.41, 5.74) is 1.88. The standard InChI is InChI=1S/C16H15Br2F2N/c1-3-21-16(10-4-5-11(17)9(2)8-10)14-13(19)7-6-12(18)15(14)20/h4-8,16,21H,3H2,1-2H3. The van der Waals surface area contributed by atoms with E-state index in [4.69, 9.17) is 0 Å². The van der Waals surface area contributed by atoms with Crippen molar-refractivity contribution in [1.29, 1.82) is 0 Å². The highest BCUT2D eigenvalue weighted by Gasteiger charge is 2.23. The fraction of sp³-hybridized carbons (Fsp3) is 0.250. The van der Waals surface area contributed by atoms with Gasteiger partial charge >= 0.3 is 0 Å². The number of hydrogen-bond donors (Lipinski definition) is 1. The number of aryl methyl sites for hydroxylation is 1. The highest BCUT2D eigenvalue weighted by Crippen LogP contribution is 2.32. The van der Waals surface area contributed by atoms with Crippen molar-refractivity contribution in [2.24, 2.45) is 0 Å². The summed E-state index contributed by atoms with van der Waals surface area (Å²) in [5, 5.41) is 3.15. The van der Waals surface area contributed by atoms with Gasteiger partial charge < -0.3 is 5.32 Å². The summed E-state index contributed by atoms with van der Waals surface area (Å²) >= 11 is 6.56. The summed E-state index contributed by atoms with van der Waals surface area (Å²) in [4.78, 5) is 0. The molecule has 0 heterocycles. The maximum absolute atomic E-state index is 14.4. The minimum absolute atomic E-state index is 0.0351. The average molecular weight is 419 g/mol. The zero-order chi connectivity index (χ0) is 15.6. The first-order valence-corrected chi connectivity index (χ1v) is 8.17. The van der Waals surface area contributed by atoms with E-state index in [1.54, 1.807) is 0 Å². The lowest BCUT2D eigenvalue weighted by Crippen LogP contribution is -2.24. The Kier molecular flexibility index (Phi) is 5.52. The van der Waals surface area contributed by atoms with Gasteiger partial charge in [0.05, 0.1) is 10.5 Å². The number of nitrogens with one attached hydrogen (secondary N) is 1. The van der Waals surface area contributed by atoms with E-state index in [9.17, 15) is 8.78 Å². The second-order valence-electron chi connectivity index (χ2n) is 4.76. The van der Waals surface area contributed by atoms with Gasteiger partial charge in [-0.2, -0.15) is 0 Å². The Hall–Kier alpha value is -0.780. The molecule has 1 unspecified atom stereocenters. The van der Waals surface area contributed by atoms with Crippen molar-refractivity contribution < 1.29 is 8.78 Å². The molecule has 1 atom stereocenters. The Morgan fingerprint density at radius 2 is 1.76 bits per heavy atom. The average Bonchev–Trinajstić information content (AvgIpc) is 2.45. The van der Waals surface area contributed by atoms with Gasteiger partial charge in [-0.15, -0.1) is 0 Å². The van der Waals surface area contributed by atoms with E-state index in [0.29, 0.717) is 6.54 Å². The van der Waals surface area contributed by atoms with Crippen LogP contribution in [0.4, 0.5) is 8.78 Å². The Labute approximate surface area is 140 Å². The third-order valence-electron chi connectivity index (χ3n) is 3.29. The van der Waals surface area contributed by atoms with Crippen LogP contribution in [0.15, 0.2) is 39.3 Å². The number of halogens is 4. The summed E-state index contributed by atoms with van der Waals surface area (Å²) in [6, 6.07) is 7.81. The maximum Gasteiger partial charge on any atom is 0.145 e. The van der Waals surface area contributed by atoms with Crippen molar-refractivity contribution in [3.63, 3.8) is 0 Å². The molecule has 21 heavy (non-hydrogen) atoms. The highest BCUT2D eigenvalue weighted by molar-refractivity contribution is 9.10. The summed E-state index contributed by atoms with van der Waals surface area (Å²) in [6.07, 6.45) is 0. The van der Waals surface area contributed by atoms with E-state index in [-0.39, 0.29) is 10.0 Å². The van der Waals surface area contributed by atoms with Crippen LogP contribution in [0.3, 0.4) is 0 Å². The molecule has 0 saturated heterocycles. The molecule has 5 heteroatoms. The van der Waals surface area contributed by atoms with Crippen molar-refractivity contribution in [1.82, 2.24) is 5.32 Å². The van der Waals surface area contributed by atoms with Gasteiger partial charge in [-0.25, -0.2) is 8.78 Å². The van der Waals surface area contributed by atoms with Gasteiger partial charge in [-0.1, -0.05) is 35.0 Å². The number of rotatable bonds is 4. The monoisotopic (exact) mass is 417 g/mol. The predicted octanol–water partition coefficient (Wildman–Crippen LogP) is 5.50. The summed E-state index contributed by atoms with van der Waals surface area (Å²) in [5.74, 6) is -1.12. The van der Waals surface area contributed by atoms with Gasteiger partial charge in [0.2, 0.25) is 0 Å². The van der Waals surface area contributed by atoms with Crippen molar-refractivity contribution in [3.8, 4) is 0 Å². The smallest absolute Gasteiger partial charge is 0.145 e. The molecule has 0 aliphatic rings. The Balaban J connectivity index is 2.58. The molecule has 2 rings (SSSR count). The van der Waals surface area contributed by atoms with Crippen LogP contribution in [0.2, 0.25) is 0 Å². The molecular weight excluding hydrogens is 404 g/mol. The van der Waals surface area contributed by atoms with E-state index in [0.717, 1.165) is 15.6 Å². The van der Waals surface area contributed by atoms with Crippen molar-refractivity contribution in [2.45, 2.75) is 19.9 Å². The van der Waals surface area contributed by atoms with E-state index in [1.807, 2.05) is 32.0 Å². The summed E-state index contributed by atoms with van der Waals surface area (Å²) < 4.78 is 29.8. The van der Waals surface area contributed by atoms with Crippen LogP contribution in [0, 0.1) is 18.6 Å². The molecule has 0 fully saturated rings. The second kappa shape index (κ2) is 6.99. The molecule has 2 aromatic carbocycles. The van der Waals surface area contributed by atoms with Crippen molar-refractivity contribution in [2.75, 3.05) is 6.54 Å². The first-order chi connectivity index (χ1) is 9.95. The fourth-order valence-corrected chi connectivity index (χ4v) is 2.84. The van der Waals surface area contributed by atoms with Gasteiger partial charge in [0.15, 0.2) is 0 Å². The zero-order valence-corrected chi connectivity index (χ0v) is 14.9. The van der Waals surface area contributed by atoms with Gasteiger partial charge in [0.25, 0.3) is 0 Å². The second-order valence-corrected chi connectivity index (χ2v) is 6.46. The minimum atomic E-state index is -0.568. The molecule has 0 aromatic heterocycles. The van der Waals surface area contributed by atoms with Crippen molar-refractivity contribution in [3.05, 3.63) is 67.6 Å². The first-order valence-electron chi connectivity index (χ1n) is 6.58. The topological polar surface area (TPSA) is 12.0 Å². The fourth-order valence-electron chi connectivity index (χ4n) is 2.25. The maximum atomic E-state index is 14.4. The Morgan fingerprint density at radius 3 is 2.38 bits per heavy atom. The summed E-state index contributed by atoms with van der Waals surface area (Å²) in [6.45, 7) is 4.46. The van der Waals surface area contributed by atoms with E-state index >= 15 is 0 Å². The minimum Gasteiger partial charge on any atom is -0.306 e. The number of benzene rings is 2. The first kappa shape index (κ1) is 16.6. The van der Waals surface area contributed by atoms with E-state index in [1.165, 1.54) is 12.1 Å². The lowest BCUT2D eigenvalue weighted by molar-refractivity contribution is 0.507. The van der Waals surface area contributed by atoms with Crippen LogP contribution < -0.4 is 5.32 Å². The molecule has 1 N–H and O–H groups in total. The van der Waals surface area contributed by atoms with Crippen LogP contribution in [0.25, 0.3) is 0 Å². The van der Waals surface area contributed by atoms with Gasteiger partial charge in [0, 0.05) is 10.0 Å². The van der Waals surface area contributed by atoms with Crippen molar-refractivity contribution >= 4 is 31.9 Å². The number of hydrogen-bond acceptors (Lipinski definition) is 1. The molecule has 2 aromatic rings. The van der Waals surface area contributed by atoms with Crippen LogP contribution in [0.1, 0.15) is 29.7 Å². The molecule has 112 valence electrons. The van der Waals surface area contributed by atoms with Gasteiger partial charge in [0.1, 0.15) is 11.6 Å². The molecule has 0 amide bonds. The zero-order valence-electron chi connectivity index (χ0n) is 11.7. The van der Waals surface area contributed by atoms with Crippen LogP contribution in [-0.2, 0) is 0 Å². The Bertz CT molecular complexity index is 659. The molecule has 0 aliphatic heterocycles. The van der Waals surface area contributed by atoms with Gasteiger partial charge in [-0.3, -0.25) is 0 Å². The lowest BCUT2D eigenvalue weighted by Gasteiger charge is -2.21. The molecular formula is C16H15Br2F2N. The molecule has 0 aliphatic carbocycles. The van der Waals surface area contributed by atoms with Gasteiger partial charge in [-0.05, 0) is 58.7 Å². The Morgan fingerprint density at radius 1 is 1.10 bits per heavy atom. The van der Waals surface area contributed by atoms with Crippen LogP contribution in [0.5, 0.6) is 0 Å². The third-order valence-corrected chi connectivity index (χ3v) is 4.79. The molecule has 0 bridgehead atoms. The lowest BCUT2D eigenvalue weighted by atomic mass is 9.96. The van der Waals surface area contributed by atoms with Crippen LogP contribution >= 0.6 is 31.9 Å². The third kappa shape index (κ3) is 3.52.